The summed E-state index contributed by atoms with van der Waals surface area (Å²) in [5.41, 5.74) is 1.31. The maximum atomic E-state index is 13.1. The lowest BCUT2D eigenvalue weighted by molar-refractivity contribution is -0.143. The third-order valence-electron chi connectivity index (χ3n) is 5.03. The Morgan fingerprint density at radius 1 is 1.03 bits per heavy atom. The molecule has 3 rings (SSSR count). The van der Waals surface area contributed by atoms with Gasteiger partial charge in [0.05, 0.1) is 30.9 Å². The van der Waals surface area contributed by atoms with E-state index in [4.69, 9.17) is 10.5 Å². The summed E-state index contributed by atoms with van der Waals surface area (Å²) in [6.07, 6.45) is -9.95. The quantitative estimate of drug-likeness (QED) is 0.600. The van der Waals surface area contributed by atoms with Crippen molar-refractivity contribution >= 4 is 11.9 Å². The molecule has 1 aliphatic heterocycles. The van der Waals surface area contributed by atoms with Gasteiger partial charge in [-0.3, -0.25) is 4.79 Å². The van der Waals surface area contributed by atoms with Crippen molar-refractivity contribution < 1.29 is 40.7 Å². The maximum Gasteiger partial charge on any atom is 0.416 e. The van der Waals surface area contributed by atoms with Crippen LogP contribution in [0.3, 0.4) is 0 Å². The second-order valence-electron chi connectivity index (χ2n) is 7.61. The minimum atomic E-state index is -4.98. The minimum absolute atomic E-state index is 0.0356. The number of carbonyl (C=O) groups is 2. The Hall–Kier alpha value is -3.28. The minimum Gasteiger partial charge on any atom is -0.374 e. The van der Waals surface area contributed by atoms with Crippen LogP contribution < -0.4 is 11.1 Å². The molecule has 178 valence electrons. The lowest BCUT2D eigenvalue weighted by Crippen LogP contribution is -2.44. The van der Waals surface area contributed by atoms with Crippen LogP contribution in [0.1, 0.15) is 22.3 Å². The fraction of sp³-hybridized carbons (Fsp3) is 0.333. The summed E-state index contributed by atoms with van der Waals surface area (Å²) in [5, 5.41) is 2.69. The van der Waals surface area contributed by atoms with E-state index in [1.54, 1.807) is 30.3 Å². The van der Waals surface area contributed by atoms with E-state index < -0.39 is 47.6 Å². The molecule has 3 N–H and O–H groups in total. The van der Waals surface area contributed by atoms with Crippen molar-refractivity contribution in [3.63, 3.8) is 0 Å². The average molecular weight is 475 g/mol. The predicted molar refractivity (Wildman–Crippen MR) is 104 cm³/mol. The van der Waals surface area contributed by atoms with Gasteiger partial charge in [0.2, 0.25) is 5.91 Å². The molecule has 0 aliphatic carbocycles. The topological polar surface area (TPSA) is 84.7 Å². The summed E-state index contributed by atoms with van der Waals surface area (Å²) in [7, 11) is 0. The first-order valence-electron chi connectivity index (χ1n) is 9.57. The largest absolute Gasteiger partial charge is 0.416 e. The second kappa shape index (κ2) is 8.93. The monoisotopic (exact) mass is 475 g/mol. The third kappa shape index (κ3) is 5.75. The van der Waals surface area contributed by atoms with Crippen LogP contribution in [0, 0.1) is 0 Å². The molecule has 0 aromatic heterocycles. The van der Waals surface area contributed by atoms with E-state index in [2.05, 4.69) is 5.32 Å². The highest BCUT2D eigenvalue weighted by atomic mass is 19.4. The maximum absolute atomic E-state index is 13.1. The van der Waals surface area contributed by atoms with Crippen molar-refractivity contribution in [3.8, 4) is 0 Å². The Balaban J connectivity index is 1.84. The Morgan fingerprint density at radius 3 is 2.12 bits per heavy atom. The van der Waals surface area contributed by atoms with Crippen molar-refractivity contribution in [1.29, 1.82) is 0 Å². The summed E-state index contributed by atoms with van der Waals surface area (Å²) in [4.78, 5) is 24.7. The number of urea groups is 1. The van der Waals surface area contributed by atoms with Crippen LogP contribution in [0.2, 0.25) is 0 Å². The number of rotatable bonds is 7. The number of benzene rings is 2. The molecule has 6 nitrogen and oxygen atoms in total. The van der Waals surface area contributed by atoms with Gasteiger partial charge in [-0.2, -0.15) is 26.3 Å². The van der Waals surface area contributed by atoms with Crippen molar-refractivity contribution in [1.82, 2.24) is 10.2 Å². The molecule has 1 aliphatic rings. The number of carbonyl (C=O) groups excluding carboxylic acids is 2. The van der Waals surface area contributed by atoms with E-state index in [9.17, 15) is 35.9 Å². The molecule has 0 saturated carbocycles. The molecular formula is C21H19F6N3O3. The number of ether oxygens (including phenoxy) is 1. The molecule has 0 radical (unpaired) electrons. The van der Waals surface area contributed by atoms with Gasteiger partial charge in [0.25, 0.3) is 0 Å². The Bertz CT molecular complexity index is 994. The zero-order chi connectivity index (χ0) is 24.4. The molecule has 0 spiro atoms. The van der Waals surface area contributed by atoms with Crippen LogP contribution in [-0.4, -0.2) is 36.5 Å². The Morgan fingerprint density at radius 2 is 1.61 bits per heavy atom. The molecule has 2 aromatic rings. The molecule has 0 bridgehead atoms. The number of alkyl halides is 6. The number of nitrogens with one attached hydrogen (secondary N) is 1. The summed E-state index contributed by atoms with van der Waals surface area (Å²) in [5.74, 6) is -0.751. The Kier molecular flexibility index (Phi) is 6.59. The van der Waals surface area contributed by atoms with Gasteiger partial charge in [0, 0.05) is 0 Å². The molecule has 3 amide bonds. The standard InChI is InChI=1S/C21H19F6N3O3/c22-20(23,24)15-6-13(7-16(8-15)21(25,26)27)10-33-12-19(14-4-2-1-3-5-14)11-30(9-17(28)31)18(32)29-19/h1-8H,9-12H2,(H2,28,31)(H,29,32)/t19-/m1/s1. The van der Waals surface area contributed by atoms with Crippen LogP contribution in [0.25, 0.3) is 0 Å². The van der Waals surface area contributed by atoms with Gasteiger partial charge in [-0.15, -0.1) is 0 Å². The zero-order valence-corrected chi connectivity index (χ0v) is 17.0. The molecule has 1 saturated heterocycles. The fourth-order valence-electron chi connectivity index (χ4n) is 3.57. The highest BCUT2D eigenvalue weighted by Gasteiger charge is 2.44. The van der Waals surface area contributed by atoms with Gasteiger partial charge in [0.1, 0.15) is 12.1 Å². The molecular weight excluding hydrogens is 456 g/mol. The van der Waals surface area contributed by atoms with Crippen LogP contribution in [0.4, 0.5) is 31.1 Å². The van der Waals surface area contributed by atoms with E-state index >= 15 is 0 Å². The van der Waals surface area contributed by atoms with Gasteiger partial charge in [-0.05, 0) is 29.3 Å². The lowest BCUT2D eigenvalue weighted by atomic mass is 9.91. The van der Waals surface area contributed by atoms with Crippen molar-refractivity contribution in [2.45, 2.75) is 24.5 Å². The Labute approximate surface area is 184 Å². The zero-order valence-electron chi connectivity index (χ0n) is 17.0. The van der Waals surface area contributed by atoms with Gasteiger partial charge in [-0.1, -0.05) is 30.3 Å². The number of halogens is 6. The van der Waals surface area contributed by atoms with Gasteiger partial charge < -0.3 is 20.7 Å². The van der Waals surface area contributed by atoms with Gasteiger partial charge >= 0.3 is 18.4 Å². The molecule has 2 aromatic carbocycles. The lowest BCUT2D eigenvalue weighted by Gasteiger charge is -2.29. The second-order valence-corrected chi connectivity index (χ2v) is 7.61. The van der Waals surface area contributed by atoms with E-state index in [1.807, 2.05) is 0 Å². The molecule has 33 heavy (non-hydrogen) atoms. The SMILES string of the molecule is NC(=O)CN1C[C@@](COCc2cc(C(F)(F)F)cc(C(F)(F)F)c2)(c2ccccc2)NC1=O. The molecule has 1 heterocycles. The number of amides is 3. The van der Waals surface area contributed by atoms with E-state index in [0.29, 0.717) is 17.7 Å². The predicted octanol–water partition coefficient (Wildman–Crippen LogP) is 3.65. The molecule has 1 atom stereocenters. The van der Waals surface area contributed by atoms with Gasteiger partial charge in [0.15, 0.2) is 0 Å². The summed E-state index contributed by atoms with van der Waals surface area (Å²) >= 11 is 0. The molecule has 0 unspecified atom stereocenters. The number of nitrogens with zero attached hydrogens (tertiary/aromatic N) is 1. The highest BCUT2D eigenvalue weighted by molar-refractivity contribution is 5.85. The van der Waals surface area contributed by atoms with E-state index in [1.165, 1.54) is 0 Å². The fourth-order valence-corrected chi connectivity index (χ4v) is 3.57. The number of hydrogen-bond acceptors (Lipinski definition) is 3. The van der Waals surface area contributed by atoms with Crippen LogP contribution in [0.5, 0.6) is 0 Å². The average Bonchev–Trinajstić information content (AvgIpc) is 3.03. The summed E-state index contributed by atoms with van der Waals surface area (Å²) in [6, 6.07) is 9.01. The van der Waals surface area contributed by atoms with Gasteiger partial charge in [-0.25, -0.2) is 4.79 Å². The van der Waals surface area contributed by atoms with E-state index in [0.717, 1.165) is 4.90 Å². The molecule has 1 fully saturated rings. The van der Waals surface area contributed by atoms with Crippen LogP contribution in [-0.2, 0) is 34.0 Å². The van der Waals surface area contributed by atoms with Crippen molar-refractivity contribution in [3.05, 3.63) is 70.8 Å². The number of hydrogen-bond donors (Lipinski definition) is 2. The number of nitrogens with two attached hydrogens (primary N) is 1. The number of primary amides is 1. The summed E-state index contributed by atoms with van der Waals surface area (Å²) in [6.45, 7) is -1.28. The first-order valence-corrected chi connectivity index (χ1v) is 9.57. The highest BCUT2D eigenvalue weighted by Crippen LogP contribution is 2.36. The molecule has 12 heteroatoms. The van der Waals surface area contributed by atoms with E-state index in [-0.39, 0.29) is 31.3 Å². The summed E-state index contributed by atoms with van der Waals surface area (Å²) < 4.78 is 84.0. The third-order valence-corrected chi connectivity index (χ3v) is 5.03. The van der Waals surface area contributed by atoms with Crippen molar-refractivity contribution in [2.75, 3.05) is 19.7 Å². The van der Waals surface area contributed by atoms with Crippen LogP contribution in [0.15, 0.2) is 48.5 Å². The van der Waals surface area contributed by atoms with Crippen molar-refractivity contribution in [2.24, 2.45) is 5.73 Å². The first-order chi connectivity index (χ1) is 15.3. The first kappa shape index (κ1) is 24.4. The normalized spacial score (nSPS) is 19.0. The smallest absolute Gasteiger partial charge is 0.374 e. The van der Waals surface area contributed by atoms with Crippen LogP contribution >= 0.6 is 0 Å².